The molecule has 0 unspecified atom stereocenters. The lowest BCUT2D eigenvalue weighted by atomic mass is 10.1. The second kappa shape index (κ2) is 5.96. The van der Waals surface area contributed by atoms with E-state index in [1.54, 1.807) is 12.1 Å². The molecule has 24 heavy (non-hydrogen) atoms. The Hall–Kier alpha value is -2.31. The summed E-state index contributed by atoms with van der Waals surface area (Å²) in [7, 11) is 1.88. The van der Waals surface area contributed by atoms with Crippen molar-refractivity contribution in [2.75, 3.05) is 6.79 Å². The summed E-state index contributed by atoms with van der Waals surface area (Å²) >= 11 is 7.31. The van der Waals surface area contributed by atoms with Crippen LogP contribution in [0.15, 0.2) is 41.4 Å². The molecule has 1 aromatic heterocycles. The van der Waals surface area contributed by atoms with Crippen LogP contribution in [0.5, 0.6) is 11.5 Å². The van der Waals surface area contributed by atoms with E-state index < -0.39 is 0 Å². The third-order valence-corrected chi connectivity index (χ3v) is 5.14. The number of ether oxygens (including phenoxy) is 2. The van der Waals surface area contributed by atoms with Crippen LogP contribution in [-0.2, 0) is 18.3 Å². The van der Waals surface area contributed by atoms with Crippen molar-refractivity contribution >= 4 is 39.1 Å². The number of fused-ring (bicyclic) bond motifs is 2. The lowest BCUT2D eigenvalue weighted by molar-refractivity contribution is -0.117. The van der Waals surface area contributed by atoms with Crippen LogP contribution in [0, 0.1) is 0 Å². The molecule has 0 spiro atoms. The number of hydrogen-bond donors (Lipinski definition) is 0. The number of hydrogen-bond acceptors (Lipinski definition) is 4. The molecule has 0 radical (unpaired) electrons. The minimum atomic E-state index is -0.195. The molecular formula is C17H13ClN2O3S. The Bertz CT molecular complexity index is 1010. The lowest BCUT2D eigenvalue weighted by Gasteiger charge is -1.99. The molecule has 2 heterocycles. The van der Waals surface area contributed by atoms with E-state index >= 15 is 0 Å². The van der Waals surface area contributed by atoms with Gasteiger partial charge in [0.15, 0.2) is 16.3 Å². The third kappa shape index (κ3) is 2.79. The van der Waals surface area contributed by atoms with E-state index in [9.17, 15) is 4.79 Å². The predicted molar refractivity (Wildman–Crippen MR) is 92.6 cm³/mol. The molecule has 0 bridgehead atoms. The summed E-state index contributed by atoms with van der Waals surface area (Å²) in [5, 5.41) is 0.650. The van der Waals surface area contributed by atoms with E-state index in [0.717, 1.165) is 27.3 Å². The van der Waals surface area contributed by atoms with Gasteiger partial charge in [0.2, 0.25) is 6.79 Å². The van der Waals surface area contributed by atoms with Crippen molar-refractivity contribution in [2.24, 2.45) is 12.0 Å². The molecule has 4 rings (SSSR count). The van der Waals surface area contributed by atoms with E-state index in [4.69, 9.17) is 21.1 Å². The lowest BCUT2D eigenvalue weighted by Crippen LogP contribution is -2.14. The number of thiazole rings is 1. The van der Waals surface area contributed by atoms with Gasteiger partial charge < -0.3 is 14.0 Å². The topological polar surface area (TPSA) is 52.8 Å². The molecule has 0 aliphatic carbocycles. The molecule has 0 saturated carbocycles. The molecule has 1 aliphatic rings. The van der Waals surface area contributed by atoms with Gasteiger partial charge in [0.25, 0.3) is 5.91 Å². The Balaban J connectivity index is 1.67. The van der Waals surface area contributed by atoms with Crippen molar-refractivity contribution in [1.82, 2.24) is 4.57 Å². The van der Waals surface area contributed by atoms with Gasteiger partial charge in [-0.2, -0.15) is 4.99 Å². The molecule has 0 saturated heterocycles. The van der Waals surface area contributed by atoms with Gasteiger partial charge in [-0.15, -0.1) is 0 Å². The van der Waals surface area contributed by atoms with Crippen molar-refractivity contribution in [1.29, 1.82) is 0 Å². The van der Waals surface area contributed by atoms with Gasteiger partial charge in [-0.1, -0.05) is 35.1 Å². The van der Waals surface area contributed by atoms with Crippen molar-refractivity contribution in [3.8, 4) is 11.5 Å². The van der Waals surface area contributed by atoms with E-state index in [1.165, 1.54) is 11.3 Å². The smallest absolute Gasteiger partial charge is 0.252 e. The summed E-state index contributed by atoms with van der Waals surface area (Å²) in [4.78, 5) is 17.1. The summed E-state index contributed by atoms with van der Waals surface area (Å²) in [5.74, 6) is 1.25. The highest BCUT2D eigenvalue weighted by Crippen LogP contribution is 2.36. The van der Waals surface area contributed by atoms with Crippen molar-refractivity contribution in [3.05, 3.63) is 51.8 Å². The average molecular weight is 361 g/mol. The predicted octanol–water partition coefficient (Wildman–Crippen LogP) is 3.29. The summed E-state index contributed by atoms with van der Waals surface area (Å²) in [5.41, 5.74) is 1.85. The van der Waals surface area contributed by atoms with Gasteiger partial charge in [0.1, 0.15) is 0 Å². The summed E-state index contributed by atoms with van der Waals surface area (Å²) in [6.07, 6.45) is 0.244. The summed E-state index contributed by atoms with van der Waals surface area (Å²) in [6.45, 7) is 0.243. The first-order valence-electron chi connectivity index (χ1n) is 7.31. The molecule has 122 valence electrons. The Morgan fingerprint density at radius 1 is 1.25 bits per heavy atom. The number of rotatable bonds is 2. The number of nitrogens with zero attached hydrogens (tertiary/aromatic N) is 2. The fraction of sp³-hybridized carbons (Fsp3) is 0.176. The minimum absolute atomic E-state index is 0.195. The standard InChI is InChI=1S/C17H13ClN2O3S/c1-20-12-7-13-14(23-9-22-13)8-15(12)24-17(20)19-16(21)6-10-2-4-11(18)5-3-10/h2-5,7-8H,6,9H2,1H3. The number of aromatic nitrogens is 1. The Morgan fingerprint density at radius 3 is 2.71 bits per heavy atom. The van der Waals surface area contributed by atoms with Crippen LogP contribution < -0.4 is 14.3 Å². The number of halogens is 1. The van der Waals surface area contributed by atoms with Crippen LogP contribution in [0.25, 0.3) is 10.2 Å². The van der Waals surface area contributed by atoms with E-state index in [0.29, 0.717) is 9.82 Å². The van der Waals surface area contributed by atoms with Crippen LogP contribution >= 0.6 is 22.9 Å². The number of aryl methyl sites for hydroxylation is 1. The van der Waals surface area contributed by atoms with Crippen LogP contribution in [0.2, 0.25) is 5.02 Å². The molecular weight excluding hydrogens is 348 g/mol. The van der Waals surface area contributed by atoms with Crippen LogP contribution in [0.4, 0.5) is 0 Å². The normalized spacial score (nSPS) is 13.7. The maximum Gasteiger partial charge on any atom is 0.252 e. The summed E-state index contributed by atoms with van der Waals surface area (Å²) in [6, 6.07) is 11.0. The summed E-state index contributed by atoms with van der Waals surface area (Å²) < 4.78 is 13.7. The largest absolute Gasteiger partial charge is 0.454 e. The fourth-order valence-electron chi connectivity index (χ4n) is 2.55. The molecule has 1 aliphatic heterocycles. The van der Waals surface area contributed by atoms with Gasteiger partial charge in [-0.25, -0.2) is 0 Å². The molecule has 0 N–H and O–H groups in total. The molecule has 2 aromatic carbocycles. The first-order valence-corrected chi connectivity index (χ1v) is 8.51. The number of carbonyl (C=O) groups excluding carboxylic acids is 1. The average Bonchev–Trinajstić information content (AvgIpc) is 3.13. The fourth-order valence-corrected chi connectivity index (χ4v) is 3.72. The monoisotopic (exact) mass is 360 g/mol. The maximum atomic E-state index is 12.2. The quantitative estimate of drug-likeness (QED) is 0.704. The molecule has 5 nitrogen and oxygen atoms in total. The van der Waals surface area contributed by atoms with Gasteiger partial charge in [-0.05, 0) is 17.7 Å². The van der Waals surface area contributed by atoms with Crippen molar-refractivity contribution in [3.63, 3.8) is 0 Å². The highest BCUT2D eigenvalue weighted by Gasteiger charge is 2.16. The van der Waals surface area contributed by atoms with Crippen molar-refractivity contribution in [2.45, 2.75) is 6.42 Å². The van der Waals surface area contributed by atoms with Gasteiger partial charge in [-0.3, -0.25) is 4.79 Å². The van der Waals surface area contributed by atoms with Crippen LogP contribution in [-0.4, -0.2) is 17.3 Å². The Morgan fingerprint density at radius 2 is 1.96 bits per heavy atom. The van der Waals surface area contributed by atoms with E-state index in [-0.39, 0.29) is 19.1 Å². The highest BCUT2D eigenvalue weighted by atomic mass is 35.5. The third-order valence-electron chi connectivity index (χ3n) is 3.79. The zero-order chi connectivity index (χ0) is 16.7. The molecule has 3 aromatic rings. The van der Waals surface area contributed by atoms with Gasteiger partial charge in [0.05, 0.1) is 16.6 Å². The van der Waals surface area contributed by atoms with Crippen LogP contribution in [0.3, 0.4) is 0 Å². The van der Waals surface area contributed by atoms with E-state index in [1.807, 2.05) is 35.9 Å². The first-order chi connectivity index (χ1) is 11.6. The molecule has 0 fully saturated rings. The molecule has 1 amide bonds. The van der Waals surface area contributed by atoms with E-state index in [2.05, 4.69) is 4.99 Å². The number of benzene rings is 2. The van der Waals surface area contributed by atoms with Crippen molar-refractivity contribution < 1.29 is 14.3 Å². The highest BCUT2D eigenvalue weighted by molar-refractivity contribution is 7.16. The number of amides is 1. The second-order valence-corrected chi connectivity index (χ2v) is 6.87. The Kier molecular flexibility index (Phi) is 3.78. The number of carbonyl (C=O) groups is 1. The maximum absolute atomic E-state index is 12.2. The van der Waals surface area contributed by atoms with Gasteiger partial charge in [0, 0.05) is 24.2 Å². The molecule has 0 atom stereocenters. The second-order valence-electron chi connectivity index (χ2n) is 5.43. The Labute approximate surface area is 146 Å². The zero-order valence-corrected chi connectivity index (χ0v) is 14.4. The molecule has 7 heteroatoms. The van der Waals surface area contributed by atoms with Gasteiger partial charge >= 0.3 is 0 Å². The minimum Gasteiger partial charge on any atom is -0.454 e. The first kappa shape index (κ1) is 15.2. The zero-order valence-electron chi connectivity index (χ0n) is 12.8. The SMILES string of the molecule is Cn1c(=NC(=O)Cc2ccc(Cl)cc2)sc2cc3c(cc21)OCO3. The van der Waals surface area contributed by atoms with Crippen LogP contribution in [0.1, 0.15) is 5.56 Å².